The number of ketones is 2. The molecular weight excluding hydrogens is 1030 g/mol. The third-order valence-corrected chi connectivity index (χ3v) is 16.4. The number of aliphatic hydroxyl groups is 5. The van der Waals surface area contributed by atoms with Crippen molar-refractivity contribution in [3.63, 3.8) is 0 Å². The smallest absolute Gasteiger partial charge is 0.329 e. The van der Waals surface area contributed by atoms with E-state index in [1.54, 1.807) is 40.9 Å². The molecule has 2 aromatic heterocycles. The number of rotatable bonds is 11. The molecule has 1 saturated carbocycles. The minimum Gasteiger partial charge on any atom is -0.456 e. The van der Waals surface area contributed by atoms with E-state index >= 15 is 0 Å². The molecule has 1 aromatic carbocycles. The Bertz CT molecular complexity index is 2520. The predicted molar refractivity (Wildman–Crippen MR) is 280 cm³/mol. The number of aliphatic hydroxyl groups excluding tert-OH is 3. The molecule has 1 aliphatic carbocycles. The van der Waals surface area contributed by atoms with Crippen LogP contribution in [0.3, 0.4) is 0 Å². The molecule has 438 valence electrons. The number of nitrogens with zero attached hydrogens (tertiary/aromatic N) is 7. The van der Waals surface area contributed by atoms with Crippen molar-refractivity contribution in [1.29, 1.82) is 0 Å². The van der Waals surface area contributed by atoms with Gasteiger partial charge in [0.2, 0.25) is 5.79 Å². The van der Waals surface area contributed by atoms with E-state index in [4.69, 9.17) is 23.7 Å². The number of carbonyl (C=O) groups excluding carboxylic acids is 4. The number of hydrogen-bond donors (Lipinski definition) is 5. The lowest BCUT2D eigenvalue weighted by molar-refractivity contribution is -0.302. The normalized spacial score (nSPS) is 33.8. The fourth-order valence-electron chi connectivity index (χ4n) is 11.6. The van der Waals surface area contributed by atoms with Crippen molar-refractivity contribution in [1.82, 2.24) is 34.4 Å². The topological polar surface area (TPSA) is 280 Å². The number of carbonyl (C=O) groups is 4. The monoisotopic (exact) mass is 1110 g/mol. The van der Waals surface area contributed by atoms with Gasteiger partial charge in [0.1, 0.15) is 66.6 Å². The van der Waals surface area contributed by atoms with Crippen LogP contribution in [0.1, 0.15) is 111 Å². The zero-order chi connectivity index (χ0) is 57.9. The molecule has 2 bridgehead atoms. The average Bonchev–Trinajstić information content (AvgIpc) is 4.20. The lowest BCUT2D eigenvalue weighted by Crippen LogP contribution is -2.64. The Morgan fingerprint density at radius 1 is 0.873 bits per heavy atom. The number of hydrogen-bond acceptors (Lipinski definition) is 18. The standard InChI is InChI=1S/C43H69NO13.C13H12F2N6O/c1-10-29-18-23(2)37(48)24(3)19-35(54-8)39-36(55-9)20-26(5)43(52,57-39)40(49)41(50)44-16-12-11-13-30(44)42(51)56-38(27(6)32(46)22-33(29)47)25(4)17-28-14-15-31(45)34(21-28)53-7;14-10-1-2-11(12(15)3-10)13(22,4-20-8-16-6-18-20)5-21-9-17-7-19-21/h17-18,24,26-32,34-39,45-46,48,52H,10-16,19-22H2,1-9H3;1-3,6-9,22H,4-5H2/b23-18+,25-17+;/t24-,26-,27-,28+,29+,30+,31-,32+,34-,35+,36+,37+,38-,39-,43-;/m1./s1. The first-order valence-corrected chi connectivity index (χ1v) is 27.3. The number of piperidine rings is 1. The van der Waals surface area contributed by atoms with E-state index in [0.717, 1.165) is 17.0 Å². The molecule has 5 N–H and O–H groups in total. The van der Waals surface area contributed by atoms with Gasteiger partial charge in [-0.3, -0.25) is 14.4 Å². The first-order valence-electron chi connectivity index (χ1n) is 27.3. The molecule has 3 fully saturated rings. The zero-order valence-electron chi connectivity index (χ0n) is 46.8. The maximum absolute atomic E-state index is 14.3. The summed E-state index contributed by atoms with van der Waals surface area (Å²) in [4.78, 5) is 65.2. The fourth-order valence-corrected chi connectivity index (χ4v) is 11.6. The van der Waals surface area contributed by atoms with Crippen LogP contribution in [-0.4, -0.2) is 172 Å². The Morgan fingerprint density at radius 3 is 2.09 bits per heavy atom. The summed E-state index contributed by atoms with van der Waals surface area (Å²) < 4.78 is 59.5. The Hall–Kier alpha value is -5.24. The van der Waals surface area contributed by atoms with Gasteiger partial charge in [0.05, 0.1) is 49.7 Å². The summed E-state index contributed by atoms with van der Waals surface area (Å²) in [5.74, 6) is -10.2. The summed E-state index contributed by atoms with van der Waals surface area (Å²) in [6.45, 7) is 10.4. The van der Waals surface area contributed by atoms with Gasteiger partial charge in [0.25, 0.3) is 11.7 Å². The minimum absolute atomic E-state index is 0.0255. The van der Waals surface area contributed by atoms with E-state index in [1.807, 2.05) is 19.9 Å². The van der Waals surface area contributed by atoms with E-state index in [2.05, 4.69) is 20.2 Å². The number of fused-ring (bicyclic) bond motifs is 3. The van der Waals surface area contributed by atoms with E-state index in [9.17, 15) is 53.5 Å². The fraction of sp³-hybridized carbons (Fsp3) is 0.679. The quantitative estimate of drug-likeness (QED) is 0.102. The number of cyclic esters (lactones) is 1. The highest BCUT2D eigenvalue weighted by Crippen LogP contribution is 2.40. The van der Waals surface area contributed by atoms with Crippen LogP contribution < -0.4 is 0 Å². The lowest BCUT2D eigenvalue weighted by Gasteiger charge is -2.47. The second kappa shape index (κ2) is 28.0. The highest BCUT2D eigenvalue weighted by Gasteiger charge is 2.57. The summed E-state index contributed by atoms with van der Waals surface area (Å²) in [5, 5.41) is 64.3. The van der Waals surface area contributed by atoms with Crippen LogP contribution >= 0.6 is 0 Å². The van der Waals surface area contributed by atoms with Gasteiger partial charge in [-0.05, 0) is 101 Å². The lowest BCUT2D eigenvalue weighted by atomic mass is 9.81. The molecule has 2 saturated heterocycles. The third kappa shape index (κ3) is 15.2. The number of allylic oxidation sites excluding steroid dienone is 2. The molecule has 79 heavy (non-hydrogen) atoms. The first kappa shape index (κ1) is 62.9. The molecule has 0 unspecified atom stereocenters. The van der Waals surface area contributed by atoms with Gasteiger partial charge in [-0.1, -0.05) is 45.9 Å². The molecule has 3 aliphatic heterocycles. The molecule has 5 heterocycles. The van der Waals surface area contributed by atoms with Gasteiger partial charge < -0.3 is 54.1 Å². The van der Waals surface area contributed by atoms with Crippen LogP contribution in [0.25, 0.3) is 0 Å². The van der Waals surface area contributed by atoms with Crippen molar-refractivity contribution < 1.29 is 77.2 Å². The molecule has 3 aromatic rings. The number of halogens is 2. The van der Waals surface area contributed by atoms with E-state index in [-0.39, 0.29) is 68.7 Å². The van der Waals surface area contributed by atoms with Crippen molar-refractivity contribution in [2.45, 2.75) is 185 Å². The van der Waals surface area contributed by atoms with Crippen molar-refractivity contribution >= 4 is 23.4 Å². The first-order chi connectivity index (χ1) is 37.5. The number of Topliss-reactive ketones (excluding diaryl/α,β-unsaturated/α-hetero) is 2. The average molecular weight is 1110 g/mol. The Balaban J connectivity index is 0.000000378. The van der Waals surface area contributed by atoms with E-state index in [1.165, 1.54) is 55.0 Å². The predicted octanol–water partition coefficient (Wildman–Crippen LogP) is 4.18. The van der Waals surface area contributed by atoms with Crippen molar-refractivity contribution in [2.75, 3.05) is 27.9 Å². The Morgan fingerprint density at radius 2 is 1.51 bits per heavy atom. The van der Waals surface area contributed by atoms with Crippen molar-refractivity contribution in [2.24, 2.45) is 29.6 Å². The van der Waals surface area contributed by atoms with Crippen LogP contribution in [0.5, 0.6) is 0 Å². The van der Waals surface area contributed by atoms with Gasteiger partial charge in [0, 0.05) is 63.7 Å². The number of amides is 1. The second-order valence-electron chi connectivity index (χ2n) is 22.0. The molecule has 7 rings (SSSR count). The number of ether oxygens (including phenoxy) is 5. The highest BCUT2D eigenvalue weighted by molar-refractivity contribution is 6.39. The third-order valence-electron chi connectivity index (χ3n) is 16.4. The van der Waals surface area contributed by atoms with Crippen molar-refractivity contribution in [3.05, 3.63) is 84.0 Å². The second-order valence-corrected chi connectivity index (χ2v) is 22.0. The summed E-state index contributed by atoms with van der Waals surface area (Å²) in [5.41, 5.74) is -0.565. The van der Waals surface area contributed by atoms with Gasteiger partial charge in [-0.2, -0.15) is 10.2 Å². The van der Waals surface area contributed by atoms with Gasteiger partial charge in [-0.15, -0.1) is 0 Å². The summed E-state index contributed by atoms with van der Waals surface area (Å²) in [6.07, 6.45) is 6.02. The molecule has 0 spiro atoms. The van der Waals surface area contributed by atoms with Crippen LogP contribution in [0, 0.1) is 41.2 Å². The summed E-state index contributed by atoms with van der Waals surface area (Å²) in [7, 11) is 4.49. The van der Waals surface area contributed by atoms with Gasteiger partial charge >= 0.3 is 5.97 Å². The number of aromatic nitrogens is 6. The summed E-state index contributed by atoms with van der Waals surface area (Å²) in [6, 6.07) is 1.86. The maximum Gasteiger partial charge on any atom is 0.329 e. The number of esters is 1. The van der Waals surface area contributed by atoms with Crippen LogP contribution in [-0.2, 0) is 61.6 Å². The molecule has 23 heteroatoms. The Kier molecular flexibility index (Phi) is 22.3. The minimum atomic E-state index is -2.57. The molecular formula is C56H81F2N7O14. The molecule has 15 atom stereocenters. The molecule has 0 radical (unpaired) electrons. The van der Waals surface area contributed by atoms with Gasteiger partial charge in [0.15, 0.2) is 0 Å². The van der Waals surface area contributed by atoms with Crippen molar-refractivity contribution in [3.8, 4) is 0 Å². The summed E-state index contributed by atoms with van der Waals surface area (Å²) >= 11 is 0. The maximum atomic E-state index is 14.3. The zero-order valence-corrected chi connectivity index (χ0v) is 46.8. The van der Waals surface area contributed by atoms with Crippen LogP contribution in [0.15, 0.2) is 66.8 Å². The number of methoxy groups -OCH3 is 3. The van der Waals surface area contributed by atoms with Crippen LogP contribution in [0.2, 0.25) is 0 Å². The molecule has 21 nitrogen and oxygen atoms in total. The Labute approximate surface area is 460 Å². The SMILES string of the molecule is CC[C@H]1/C=C(\C)[C@H](O)[C@H](C)C[C@H](OC)[C@H]2O[C@@](O)(C(=O)C(=O)N3CCCC[C@H]3C(=O)O[C@H](/C(C)=C/[C@@H]3CC[C@@H](O)[C@H](OC)C3)[C@H](C)[C@@H](O)CC1=O)[C@H](C)C[C@@H]2OC.OC(Cn1cncn1)(Cn1cncn1)c1ccc(F)cc1F. The largest absolute Gasteiger partial charge is 0.456 e. The van der Waals surface area contributed by atoms with Gasteiger partial charge in [-0.25, -0.2) is 32.9 Å². The van der Waals surface area contributed by atoms with Crippen LogP contribution in [0.4, 0.5) is 8.78 Å². The molecule has 4 aliphatic rings. The number of benzene rings is 1. The molecule has 1 amide bonds. The highest BCUT2D eigenvalue weighted by atomic mass is 19.1. The van der Waals surface area contributed by atoms with E-state index in [0.29, 0.717) is 49.7 Å². The van der Waals surface area contributed by atoms with E-state index < -0.39 is 113 Å².